The third-order valence-corrected chi connectivity index (χ3v) is 5.24. The van der Waals surface area contributed by atoms with Gasteiger partial charge >= 0.3 is 0 Å². The quantitative estimate of drug-likeness (QED) is 0.867. The lowest BCUT2D eigenvalue weighted by molar-refractivity contribution is 0.247. The van der Waals surface area contributed by atoms with Crippen LogP contribution in [0.25, 0.3) is 0 Å². The monoisotopic (exact) mass is 294 g/mol. The molecule has 1 aliphatic rings. The Labute approximate surface area is 121 Å². The van der Waals surface area contributed by atoms with Gasteiger partial charge in [-0.2, -0.15) is 0 Å². The van der Waals surface area contributed by atoms with Gasteiger partial charge in [0.15, 0.2) is 5.13 Å². The molecule has 0 aromatic carbocycles. The van der Waals surface area contributed by atoms with E-state index in [4.69, 9.17) is 0 Å². The molecule has 0 radical (unpaired) electrons. The highest BCUT2D eigenvalue weighted by molar-refractivity contribution is 7.15. The maximum Gasteiger partial charge on any atom is 0.185 e. The van der Waals surface area contributed by atoms with Crippen molar-refractivity contribution >= 4 is 27.8 Å². The van der Waals surface area contributed by atoms with Crippen LogP contribution in [0.2, 0.25) is 0 Å². The summed E-state index contributed by atoms with van der Waals surface area (Å²) in [5, 5.41) is 3.32. The van der Waals surface area contributed by atoms with Crippen molar-refractivity contribution in [2.24, 2.45) is 0 Å². The molecular weight excluding hydrogens is 276 g/mol. The Morgan fingerprint density at radius 3 is 2.68 bits per heavy atom. The summed E-state index contributed by atoms with van der Waals surface area (Å²) >= 11 is 3.51. The Hall–Kier alpha value is -0.980. The molecule has 6 heteroatoms. The van der Waals surface area contributed by atoms with Crippen LogP contribution in [0.3, 0.4) is 0 Å². The van der Waals surface area contributed by atoms with Gasteiger partial charge in [-0.3, -0.25) is 4.90 Å². The van der Waals surface area contributed by atoms with E-state index in [1.807, 2.05) is 23.0 Å². The number of thiazole rings is 2. The Balaban J connectivity index is 1.54. The van der Waals surface area contributed by atoms with Crippen LogP contribution >= 0.6 is 22.7 Å². The zero-order valence-electron chi connectivity index (χ0n) is 11.1. The van der Waals surface area contributed by atoms with Crippen molar-refractivity contribution in [1.29, 1.82) is 0 Å². The van der Waals surface area contributed by atoms with E-state index < -0.39 is 0 Å². The number of nitrogens with zero attached hydrogens (tertiary/aromatic N) is 4. The zero-order chi connectivity index (χ0) is 13.1. The normalized spacial score (nSPS) is 17.0. The van der Waals surface area contributed by atoms with Crippen LogP contribution in [-0.2, 0) is 13.0 Å². The van der Waals surface area contributed by atoms with Gasteiger partial charge in [-0.05, 0) is 6.42 Å². The minimum atomic E-state index is 0.982. The van der Waals surface area contributed by atoms with Crippen molar-refractivity contribution in [1.82, 2.24) is 14.9 Å². The molecule has 0 bridgehead atoms. The van der Waals surface area contributed by atoms with E-state index in [9.17, 15) is 0 Å². The van der Waals surface area contributed by atoms with Crippen molar-refractivity contribution in [2.75, 3.05) is 31.1 Å². The van der Waals surface area contributed by atoms with E-state index >= 15 is 0 Å². The van der Waals surface area contributed by atoms with Crippen molar-refractivity contribution in [2.45, 2.75) is 19.9 Å². The van der Waals surface area contributed by atoms with E-state index in [0.717, 1.165) is 39.1 Å². The minimum absolute atomic E-state index is 0.982. The van der Waals surface area contributed by atoms with Gasteiger partial charge in [0.2, 0.25) is 0 Å². The molecule has 19 heavy (non-hydrogen) atoms. The summed E-state index contributed by atoms with van der Waals surface area (Å²) in [6.45, 7) is 7.50. The molecule has 2 aromatic rings. The fourth-order valence-corrected chi connectivity index (χ4v) is 3.70. The summed E-state index contributed by atoms with van der Waals surface area (Å²) in [5.41, 5.74) is 3.11. The average Bonchev–Trinajstić information content (AvgIpc) is 3.10. The average molecular weight is 294 g/mol. The van der Waals surface area contributed by atoms with Crippen LogP contribution in [0.15, 0.2) is 17.1 Å². The number of anilines is 1. The fourth-order valence-electron chi connectivity index (χ4n) is 2.25. The molecule has 0 aliphatic carbocycles. The maximum absolute atomic E-state index is 4.53. The Morgan fingerprint density at radius 2 is 2.05 bits per heavy atom. The number of hydrogen-bond donors (Lipinski definition) is 0. The number of aryl methyl sites for hydroxylation is 1. The van der Waals surface area contributed by atoms with Crippen molar-refractivity contribution in [3.8, 4) is 0 Å². The molecule has 1 saturated heterocycles. The first-order valence-electron chi connectivity index (χ1n) is 6.64. The van der Waals surface area contributed by atoms with Crippen molar-refractivity contribution in [3.05, 3.63) is 27.7 Å². The molecule has 0 atom stereocenters. The first kappa shape index (κ1) is 13.0. The Kier molecular flexibility index (Phi) is 4.10. The largest absolute Gasteiger partial charge is 0.346 e. The maximum atomic E-state index is 4.53. The predicted molar refractivity (Wildman–Crippen MR) is 81.1 cm³/mol. The second-order valence-electron chi connectivity index (χ2n) is 4.71. The molecule has 2 aromatic heterocycles. The first-order chi connectivity index (χ1) is 9.35. The topological polar surface area (TPSA) is 32.3 Å². The standard InChI is InChI=1S/C13H18N4S2/c1-2-12-7-14-13(19-12)17-5-3-16(4-6-17)8-11-9-18-10-15-11/h7,9-10H,2-6,8H2,1H3. The number of aromatic nitrogens is 2. The highest BCUT2D eigenvalue weighted by atomic mass is 32.1. The summed E-state index contributed by atoms with van der Waals surface area (Å²) in [6.07, 6.45) is 3.10. The molecule has 1 aliphatic heterocycles. The summed E-state index contributed by atoms with van der Waals surface area (Å²) in [6, 6.07) is 0. The molecule has 102 valence electrons. The summed E-state index contributed by atoms with van der Waals surface area (Å²) in [7, 11) is 0. The lowest BCUT2D eigenvalue weighted by atomic mass is 10.3. The Morgan fingerprint density at radius 1 is 1.21 bits per heavy atom. The van der Waals surface area contributed by atoms with Gasteiger partial charge in [0.25, 0.3) is 0 Å². The third kappa shape index (κ3) is 3.13. The van der Waals surface area contributed by atoms with Crippen LogP contribution < -0.4 is 4.90 Å². The third-order valence-electron chi connectivity index (χ3n) is 3.40. The van der Waals surface area contributed by atoms with Gasteiger partial charge in [0.1, 0.15) is 0 Å². The van der Waals surface area contributed by atoms with E-state index in [0.29, 0.717) is 0 Å². The summed E-state index contributed by atoms with van der Waals surface area (Å²) in [5.74, 6) is 0. The van der Waals surface area contributed by atoms with Gasteiger partial charge in [0.05, 0.1) is 11.2 Å². The minimum Gasteiger partial charge on any atom is -0.346 e. The molecule has 0 spiro atoms. The highest BCUT2D eigenvalue weighted by Gasteiger charge is 2.19. The van der Waals surface area contributed by atoms with E-state index in [-0.39, 0.29) is 0 Å². The Bertz CT molecular complexity index is 500. The molecule has 0 amide bonds. The molecular formula is C13H18N4S2. The van der Waals surface area contributed by atoms with Gasteiger partial charge in [-0.1, -0.05) is 6.92 Å². The van der Waals surface area contributed by atoms with Gasteiger partial charge in [0, 0.05) is 49.2 Å². The van der Waals surface area contributed by atoms with Crippen LogP contribution in [0, 0.1) is 0 Å². The lowest BCUT2D eigenvalue weighted by Gasteiger charge is -2.34. The smallest absolute Gasteiger partial charge is 0.185 e. The van der Waals surface area contributed by atoms with E-state index in [1.165, 1.54) is 15.7 Å². The number of rotatable bonds is 4. The van der Waals surface area contributed by atoms with Crippen molar-refractivity contribution in [3.63, 3.8) is 0 Å². The van der Waals surface area contributed by atoms with Gasteiger partial charge in [-0.25, -0.2) is 9.97 Å². The lowest BCUT2D eigenvalue weighted by Crippen LogP contribution is -2.45. The molecule has 0 N–H and O–H groups in total. The molecule has 0 unspecified atom stereocenters. The van der Waals surface area contributed by atoms with E-state index in [2.05, 4.69) is 32.1 Å². The van der Waals surface area contributed by atoms with E-state index in [1.54, 1.807) is 11.3 Å². The van der Waals surface area contributed by atoms with Crippen LogP contribution in [0.4, 0.5) is 5.13 Å². The number of piperazine rings is 1. The molecule has 3 heterocycles. The highest BCUT2D eigenvalue weighted by Crippen LogP contribution is 2.24. The summed E-state index contributed by atoms with van der Waals surface area (Å²) < 4.78 is 0. The molecule has 4 nitrogen and oxygen atoms in total. The predicted octanol–water partition coefficient (Wildman–Crippen LogP) is 2.48. The second-order valence-corrected chi connectivity index (χ2v) is 6.52. The van der Waals surface area contributed by atoms with Gasteiger partial charge < -0.3 is 4.90 Å². The summed E-state index contributed by atoms with van der Waals surface area (Å²) in [4.78, 5) is 15.1. The zero-order valence-corrected chi connectivity index (χ0v) is 12.7. The molecule has 1 fully saturated rings. The molecule has 0 saturated carbocycles. The molecule has 3 rings (SSSR count). The van der Waals surface area contributed by atoms with Crippen molar-refractivity contribution < 1.29 is 0 Å². The van der Waals surface area contributed by atoms with Crippen LogP contribution in [0.1, 0.15) is 17.5 Å². The number of hydrogen-bond acceptors (Lipinski definition) is 6. The van der Waals surface area contributed by atoms with Gasteiger partial charge in [-0.15, -0.1) is 22.7 Å². The fraction of sp³-hybridized carbons (Fsp3) is 0.538. The van der Waals surface area contributed by atoms with Crippen LogP contribution in [0.5, 0.6) is 0 Å². The first-order valence-corrected chi connectivity index (χ1v) is 8.40. The van der Waals surface area contributed by atoms with Crippen LogP contribution in [-0.4, -0.2) is 41.0 Å². The SMILES string of the molecule is CCc1cnc(N2CCN(Cc3cscn3)CC2)s1. The second kappa shape index (κ2) is 5.98.